The molecule has 2 aliphatic rings. The van der Waals surface area contributed by atoms with Crippen molar-refractivity contribution in [1.29, 1.82) is 0 Å². The molecule has 0 bridgehead atoms. The van der Waals surface area contributed by atoms with Crippen molar-refractivity contribution in [1.82, 2.24) is 13.5 Å². The molecule has 1 aromatic rings. The van der Waals surface area contributed by atoms with E-state index in [2.05, 4.69) is 0 Å². The van der Waals surface area contributed by atoms with Crippen molar-refractivity contribution in [3.05, 3.63) is 34.9 Å². The molecular formula is C19H28ClN3O4S. The number of hydrogen-bond acceptors (Lipinski definition) is 4. The normalized spacial score (nSPS) is 25.0. The van der Waals surface area contributed by atoms with Crippen molar-refractivity contribution < 1.29 is 17.9 Å². The van der Waals surface area contributed by atoms with Crippen LogP contribution in [0.4, 0.5) is 0 Å². The third-order valence-electron chi connectivity index (χ3n) is 5.17. The molecular weight excluding hydrogens is 402 g/mol. The average molecular weight is 430 g/mol. The first-order valence-corrected chi connectivity index (χ1v) is 11.5. The maximum Gasteiger partial charge on any atom is 0.282 e. The van der Waals surface area contributed by atoms with Gasteiger partial charge in [-0.05, 0) is 38.0 Å². The second-order valence-corrected chi connectivity index (χ2v) is 9.85. The van der Waals surface area contributed by atoms with Crippen molar-refractivity contribution in [2.75, 3.05) is 39.3 Å². The van der Waals surface area contributed by atoms with Crippen LogP contribution < -0.4 is 0 Å². The SMILES string of the molecule is C[C@@H]1CN(S(=O)(=O)N2CCN(C(=O)CCc3ccc(Cl)cc3)CC2)C[C@@H](C)O1. The molecule has 0 spiro atoms. The minimum absolute atomic E-state index is 0.0561. The third kappa shape index (κ3) is 5.24. The van der Waals surface area contributed by atoms with E-state index in [4.69, 9.17) is 16.3 Å². The van der Waals surface area contributed by atoms with Crippen molar-refractivity contribution in [3.8, 4) is 0 Å². The van der Waals surface area contributed by atoms with Crippen molar-refractivity contribution in [2.45, 2.75) is 38.9 Å². The van der Waals surface area contributed by atoms with Gasteiger partial charge in [-0.2, -0.15) is 17.0 Å². The molecule has 2 heterocycles. The average Bonchev–Trinajstić information content (AvgIpc) is 2.66. The maximum absolute atomic E-state index is 12.9. The van der Waals surface area contributed by atoms with E-state index >= 15 is 0 Å². The summed E-state index contributed by atoms with van der Waals surface area (Å²) in [6.45, 7) is 6.01. The lowest BCUT2D eigenvalue weighted by atomic mass is 10.1. The first-order chi connectivity index (χ1) is 13.3. The van der Waals surface area contributed by atoms with Gasteiger partial charge >= 0.3 is 0 Å². The highest BCUT2D eigenvalue weighted by atomic mass is 35.5. The molecule has 3 rings (SSSR count). The van der Waals surface area contributed by atoms with Crippen molar-refractivity contribution in [3.63, 3.8) is 0 Å². The third-order valence-corrected chi connectivity index (χ3v) is 7.39. The zero-order valence-electron chi connectivity index (χ0n) is 16.4. The number of rotatable bonds is 5. The van der Waals surface area contributed by atoms with Crippen LogP contribution in [-0.2, 0) is 26.2 Å². The molecule has 1 amide bonds. The van der Waals surface area contributed by atoms with Gasteiger partial charge in [-0.15, -0.1) is 0 Å². The molecule has 7 nitrogen and oxygen atoms in total. The second kappa shape index (κ2) is 9.09. The van der Waals surface area contributed by atoms with Gasteiger partial charge in [0, 0.05) is 50.7 Å². The number of amides is 1. The molecule has 0 aliphatic carbocycles. The predicted molar refractivity (Wildman–Crippen MR) is 108 cm³/mol. The summed E-state index contributed by atoms with van der Waals surface area (Å²) < 4.78 is 34.5. The van der Waals surface area contributed by atoms with Crippen LogP contribution in [0.3, 0.4) is 0 Å². The van der Waals surface area contributed by atoms with Crippen LogP contribution in [0.15, 0.2) is 24.3 Å². The van der Waals surface area contributed by atoms with Gasteiger partial charge in [0.15, 0.2) is 0 Å². The quantitative estimate of drug-likeness (QED) is 0.715. The van der Waals surface area contributed by atoms with E-state index in [1.807, 2.05) is 38.1 Å². The highest BCUT2D eigenvalue weighted by Crippen LogP contribution is 2.19. The van der Waals surface area contributed by atoms with Crippen LogP contribution in [0.25, 0.3) is 0 Å². The molecule has 156 valence electrons. The number of benzene rings is 1. The minimum Gasteiger partial charge on any atom is -0.373 e. The van der Waals surface area contributed by atoms with Gasteiger partial charge in [0.2, 0.25) is 5.91 Å². The molecule has 0 aromatic heterocycles. The number of halogens is 1. The number of hydrogen-bond donors (Lipinski definition) is 0. The summed E-state index contributed by atoms with van der Waals surface area (Å²) >= 11 is 5.88. The number of morpholine rings is 1. The number of nitrogens with zero attached hydrogens (tertiary/aromatic N) is 3. The summed E-state index contributed by atoms with van der Waals surface area (Å²) in [6.07, 6.45) is 0.828. The lowest BCUT2D eigenvalue weighted by molar-refractivity contribution is -0.132. The first-order valence-electron chi connectivity index (χ1n) is 9.68. The molecule has 2 saturated heterocycles. The van der Waals surface area contributed by atoms with Crippen LogP contribution in [0.2, 0.25) is 5.02 Å². The topological polar surface area (TPSA) is 70.2 Å². The summed E-state index contributed by atoms with van der Waals surface area (Å²) in [6, 6.07) is 7.48. The summed E-state index contributed by atoms with van der Waals surface area (Å²) in [5.41, 5.74) is 1.06. The molecule has 0 radical (unpaired) electrons. The standard InChI is InChI=1S/C19H28ClN3O4S/c1-15-13-23(14-16(2)27-15)28(25,26)22-11-9-21(10-12-22)19(24)8-5-17-3-6-18(20)7-4-17/h3-4,6-7,15-16H,5,8-14H2,1-2H3/t15-,16-/m1/s1. The number of piperazine rings is 1. The molecule has 0 unspecified atom stereocenters. The van der Waals surface area contributed by atoms with Gasteiger partial charge < -0.3 is 9.64 Å². The second-order valence-electron chi connectivity index (χ2n) is 7.49. The summed E-state index contributed by atoms with van der Waals surface area (Å²) in [4.78, 5) is 14.2. The molecule has 28 heavy (non-hydrogen) atoms. The zero-order valence-corrected chi connectivity index (χ0v) is 18.0. The van der Waals surface area contributed by atoms with E-state index in [-0.39, 0.29) is 18.1 Å². The van der Waals surface area contributed by atoms with E-state index in [1.54, 1.807) is 4.90 Å². The van der Waals surface area contributed by atoms with E-state index < -0.39 is 10.2 Å². The molecule has 2 atom stereocenters. The Kier molecular flexibility index (Phi) is 6.98. The van der Waals surface area contributed by atoms with Gasteiger partial charge in [-0.3, -0.25) is 4.79 Å². The fraction of sp³-hybridized carbons (Fsp3) is 0.632. The Bertz CT molecular complexity index is 769. The molecule has 0 saturated carbocycles. The van der Waals surface area contributed by atoms with Gasteiger partial charge in [-0.25, -0.2) is 0 Å². The number of ether oxygens (including phenoxy) is 1. The van der Waals surface area contributed by atoms with E-state index in [0.717, 1.165) is 5.56 Å². The Morgan fingerprint density at radius 2 is 1.61 bits per heavy atom. The summed E-state index contributed by atoms with van der Waals surface area (Å²) in [5, 5.41) is 0.677. The van der Waals surface area contributed by atoms with Crippen LogP contribution in [0, 0.1) is 0 Å². The summed E-state index contributed by atoms with van der Waals surface area (Å²) in [5.74, 6) is 0.0561. The zero-order chi connectivity index (χ0) is 20.3. The molecule has 2 fully saturated rings. The molecule has 1 aromatic carbocycles. The number of aryl methyl sites for hydroxylation is 1. The van der Waals surface area contributed by atoms with Gasteiger partial charge in [-0.1, -0.05) is 23.7 Å². The van der Waals surface area contributed by atoms with E-state index in [0.29, 0.717) is 57.1 Å². The minimum atomic E-state index is -3.52. The maximum atomic E-state index is 12.9. The molecule has 2 aliphatic heterocycles. The molecule has 0 N–H and O–H groups in total. The Labute approximate surface area is 172 Å². The summed E-state index contributed by atoms with van der Waals surface area (Å²) in [7, 11) is -3.52. The Hall–Kier alpha value is -1.19. The Balaban J connectivity index is 1.50. The Morgan fingerprint density at radius 3 is 2.18 bits per heavy atom. The van der Waals surface area contributed by atoms with Gasteiger partial charge in [0.05, 0.1) is 12.2 Å². The lowest BCUT2D eigenvalue weighted by Gasteiger charge is -2.40. The fourth-order valence-electron chi connectivity index (χ4n) is 3.71. The smallest absolute Gasteiger partial charge is 0.282 e. The van der Waals surface area contributed by atoms with E-state index in [9.17, 15) is 13.2 Å². The van der Waals surface area contributed by atoms with Crippen molar-refractivity contribution in [2.24, 2.45) is 0 Å². The number of carbonyl (C=O) groups excluding carboxylic acids is 1. The molecule has 9 heteroatoms. The van der Waals surface area contributed by atoms with Gasteiger partial charge in [0.1, 0.15) is 0 Å². The number of carbonyl (C=O) groups is 1. The highest BCUT2D eigenvalue weighted by Gasteiger charge is 2.37. The fourth-order valence-corrected chi connectivity index (χ4v) is 5.59. The van der Waals surface area contributed by atoms with Crippen LogP contribution in [0.5, 0.6) is 0 Å². The Morgan fingerprint density at radius 1 is 1.04 bits per heavy atom. The lowest BCUT2D eigenvalue weighted by Crippen LogP contribution is -2.57. The first kappa shape index (κ1) is 21.5. The monoisotopic (exact) mass is 429 g/mol. The van der Waals surface area contributed by atoms with Gasteiger partial charge in [0.25, 0.3) is 10.2 Å². The van der Waals surface area contributed by atoms with Crippen molar-refractivity contribution >= 4 is 27.7 Å². The van der Waals surface area contributed by atoms with E-state index in [1.165, 1.54) is 8.61 Å². The largest absolute Gasteiger partial charge is 0.373 e. The van der Waals surface area contributed by atoms with Crippen LogP contribution in [0.1, 0.15) is 25.8 Å². The predicted octanol–water partition coefficient (Wildman–Crippen LogP) is 1.77. The van der Waals surface area contributed by atoms with Crippen LogP contribution in [-0.4, -0.2) is 79.3 Å². The highest BCUT2D eigenvalue weighted by molar-refractivity contribution is 7.86. The van der Waals surface area contributed by atoms with Crippen LogP contribution >= 0.6 is 11.6 Å².